The molecule has 0 aromatic heterocycles. The molecule has 1 saturated carbocycles. The van der Waals surface area contributed by atoms with E-state index in [4.69, 9.17) is 10.00 Å². The maximum atomic E-state index is 8.82. The molecule has 3 heteroatoms. The Labute approximate surface area is 115 Å². The van der Waals surface area contributed by atoms with Crippen LogP contribution in [0.2, 0.25) is 0 Å². The smallest absolute Gasteiger partial charge is 0.123 e. The largest absolute Gasteiger partial charge is 0.493 e. The number of nitrogens with zero attached hydrogens (tertiary/aromatic N) is 1. The fourth-order valence-electron chi connectivity index (χ4n) is 2.05. The highest BCUT2D eigenvalue weighted by Gasteiger charge is 2.43. The second-order valence-corrected chi connectivity index (χ2v) is 5.77. The first-order chi connectivity index (χ1) is 9.15. The van der Waals surface area contributed by atoms with E-state index < -0.39 is 0 Å². The van der Waals surface area contributed by atoms with Crippen molar-refractivity contribution in [2.45, 2.75) is 45.7 Å². The van der Waals surface area contributed by atoms with Gasteiger partial charge in [-0.05, 0) is 18.9 Å². The molecular formula is C16H22N2O. The maximum absolute atomic E-state index is 8.82. The molecule has 19 heavy (non-hydrogen) atoms. The predicted octanol–water partition coefficient (Wildman–Crippen LogP) is 3.26. The molecule has 0 spiro atoms. The molecule has 0 atom stereocenters. The van der Waals surface area contributed by atoms with Crippen molar-refractivity contribution in [3.63, 3.8) is 0 Å². The van der Waals surface area contributed by atoms with Crippen LogP contribution in [0.3, 0.4) is 0 Å². The monoisotopic (exact) mass is 258 g/mol. The summed E-state index contributed by atoms with van der Waals surface area (Å²) in [7, 11) is 0. The van der Waals surface area contributed by atoms with E-state index in [-0.39, 0.29) is 5.41 Å². The fourth-order valence-corrected chi connectivity index (χ4v) is 2.05. The standard InChI is InChI=1S/C16H22N2O/c1-13(2)18-11-14-5-3-4-6-15(14)19-12-16(7-8-16)9-10-17/h3-6,13,18H,7-9,11-12H2,1-2H3. The number of ether oxygens (including phenoxy) is 1. The first kappa shape index (κ1) is 13.9. The number of hydrogen-bond acceptors (Lipinski definition) is 3. The Morgan fingerprint density at radius 3 is 2.74 bits per heavy atom. The van der Waals surface area contributed by atoms with Crippen molar-refractivity contribution in [1.82, 2.24) is 5.32 Å². The normalized spacial score (nSPS) is 16.1. The summed E-state index contributed by atoms with van der Waals surface area (Å²) in [5, 5.41) is 12.2. The lowest BCUT2D eigenvalue weighted by molar-refractivity contribution is 0.234. The van der Waals surface area contributed by atoms with Crippen molar-refractivity contribution in [3.05, 3.63) is 29.8 Å². The summed E-state index contributed by atoms with van der Waals surface area (Å²) < 4.78 is 5.96. The number of para-hydroxylation sites is 1. The van der Waals surface area contributed by atoms with Crippen molar-refractivity contribution in [3.8, 4) is 11.8 Å². The maximum Gasteiger partial charge on any atom is 0.123 e. The van der Waals surface area contributed by atoms with E-state index in [1.807, 2.05) is 18.2 Å². The van der Waals surface area contributed by atoms with Crippen LogP contribution < -0.4 is 10.1 Å². The van der Waals surface area contributed by atoms with Crippen LogP contribution in [-0.4, -0.2) is 12.6 Å². The summed E-state index contributed by atoms with van der Waals surface area (Å²) in [5.74, 6) is 0.944. The Balaban J connectivity index is 1.94. The number of nitriles is 1. The highest BCUT2D eigenvalue weighted by molar-refractivity contribution is 5.33. The summed E-state index contributed by atoms with van der Waals surface area (Å²) in [4.78, 5) is 0. The summed E-state index contributed by atoms with van der Waals surface area (Å²) in [5.41, 5.74) is 1.32. The third-order valence-electron chi connectivity index (χ3n) is 3.62. The molecule has 2 rings (SSSR count). The van der Waals surface area contributed by atoms with Gasteiger partial charge in [0.2, 0.25) is 0 Å². The van der Waals surface area contributed by atoms with Crippen molar-refractivity contribution >= 4 is 0 Å². The molecule has 102 valence electrons. The zero-order valence-corrected chi connectivity index (χ0v) is 11.8. The highest BCUT2D eigenvalue weighted by atomic mass is 16.5. The number of benzene rings is 1. The Hall–Kier alpha value is -1.53. The van der Waals surface area contributed by atoms with Crippen molar-refractivity contribution in [1.29, 1.82) is 5.26 Å². The second-order valence-electron chi connectivity index (χ2n) is 5.77. The summed E-state index contributed by atoms with van der Waals surface area (Å²) in [6.45, 7) is 5.75. The van der Waals surface area contributed by atoms with Gasteiger partial charge in [-0.1, -0.05) is 32.0 Å². The van der Waals surface area contributed by atoms with Gasteiger partial charge >= 0.3 is 0 Å². The molecule has 1 aliphatic carbocycles. The molecule has 3 nitrogen and oxygen atoms in total. The van der Waals surface area contributed by atoms with Crippen LogP contribution in [0, 0.1) is 16.7 Å². The van der Waals surface area contributed by atoms with Gasteiger partial charge in [-0.25, -0.2) is 0 Å². The van der Waals surface area contributed by atoms with Crippen LogP contribution in [0.1, 0.15) is 38.7 Å². The third-order valence-corrected chi connectivity index (χ3v) is 3.62. The molecule has 0 amide bonds. The zero-order chi connectivity index (χ0) is 13.7. The quantitative estimate of drug-likeness (QED) is 0.816. The van der Waals surface area contributed by atoms with E-state index >= 15 is 0 Å². The van der Waals surface area contributed by atoms with Gasteiger partial charge in [-0.15, -0.1) is 0 Å². The van der Waals surface area contributed by atoms with Crippen LogP contribution in [0.5, 0.6) is 5.75 Å². The Kier molecular flexibility index (Phi) is 4.44. The van der Waals surface area contributed by atoms with Gasteiger partial charge in [0.15, 0.2) is 0 Å². The molecule has 0 unspecified atom stereocenters. The van der Waals surface area contributed by atoms with Gasteiger partial charge in [0.25, 0.3) is 0 Å². The van der Waals surface area contributed by atoms with Gasteiger partial charge in [0.05, 0.1) is 12.7 Å². The Bertz CT molecular complexity index is 458. The van der Waals surface area contributed by atoms with E-state index in [1.165, 1.54) is 5.56 Å². The molecule has 1 N–H and O–H groups in total. The van der Waals surface area contributed by atoms with E-state index in [9.17, 15) is 0 Å². The van der Waals surface area contributed by atoms with E-state index in [0.717, 1.165) is 25.1 Å². The average molecular weight is 258 g/mol. The first-order valence-corrected chi connectivity index (χ1v) is 6.96. The summed E-state index contributed by atoms with van der Waals surface area (Å²) in [6, 6.07) is 10.9. The van der Waals surface area contributed by atoms with Crippen molar-refractivity contribution in [2.75, 3.05) is 6.61 Å². The van der Waals surface area contributed by atoms with Crippen LogP contribution in [0.25, 0.3) is 0 Å². The van der Waals surface area contributed by atoms with Crippen LogP contribution in [0.15, 0.2) is 24.3 Å². The van der Waals surface area contributed by atoms with Gasteiger partial charge in [-0.3, -0.25) is 0 Å². The molecule has 1 aliphatic rings. The molecule has 0 radical (unpaired) electrons. The van der Waals surface area contributed by atoms with E-state index in [1.54, 1.807) is 0 Å². The molecule has 0 saturated heterocycles. The van der Waals surface area contributed by atoms with Gasteiger partial charge in [0.1, 0.15) is 5.75 Å². The van der Waals surface area contributed by atoms with E-state index in [0.29, 0.717) is 19.1 Å². The van der Waals surface area contributed by atoms with Crippen molar-refractivity contribution < 1.29 is 4.74 Å². The van der Waals surface area contributed by atoms with Crippen LogP contribution in [0.4, 0.5) is 0 Å². The lowest BCUT2D eigenvalue weighted by atomic mass is 10.1. The molecule has 1 fully saturated rings. The predicted molar refractivity (Wildman–Crippen MR) is 75.8 cm³/mol. The first-order valence-electron chi connectivity index (χ1n) is 6.96. The fraction of sp³-hybridized carbons (Fsp3) is 0.562. The van der Waals surface area contributed by atoms with Gasteiger partial charge < -0.3 is 10.1 Å². The summed E-state index contributed by atoms with van der Waals surface area (Å²) in [6.07, 6.45) is 2.85. The zero-order valence-electron chi connectivity index (χ0n) is 11.8. The molecule has 0 aliphatic heterocycles. The second kappa shape index (κ2) is 6.08. The minimum Gasteiger partial charge on any atom is -0.493 e. The molecule has 1 aromatic rings. The van der Waals surface area contributed by atoms with Crippen LogP contribution >= 0.6 is 0 Å². The lowest BCUT2D eigenvalue weighted by Gasteiger charge is -2.16. The topological polar surface area (TPSA) is 45.0 Å². The molecule has 0 heterocycles. The van der Waals surface area contributed by atoms with Gasteiger partial charge in [0, 0.05) is 30.0 Å². The minimum atomic E-state index is 0.132. The van der Waals surface area contributed by atoms with Crippen molar-refractivity contribution in [2.24, 2.45) is 5.41 Å². The summed E-state index contributed by atoms with van der Waals surface area (Å²) >= 11 is 0. The number of hydrogen-bond donors (Lipinski definition) is 1. The lowest BCUT2D eigenvalue weighted by Crippen LogP contribution is -2.22. The molecule has 0 bridgehead atoms. The molecular weight excluding hydrogens is 236 g/mol. The van der Waals surface area contributed by atoms with E-state index in [2.05, 4.69) is 31.3 Å². The van der Waals surface area contributed by atoms with Gasteiger partial charge in [-0.2, -0.15) is 5.26 Å². The Morgan fingerprint density at radius 1 is 1.37 bits per heavy atom. The highest BCUT2D eigenvalue weighted by Crippen LogP contribution is 2.48. The Morgan fingerprint density at radius 2 is 2.11 bits per heavy atom. The SMILES string of the molecule is CC(C)NCc1ccccc1OCC1(CC#N)CC1. The number of rotatable bonds is 7. The third kappa shape index (κ3) is 3.97. The van der Waals surface area contributed by atoms with Crippen LogP contribution in [-0.2, 0) is 6.54 Å². The molecule has 1 aromatic carbocycles. The minimum absolute atomic E-state index is 0.132. The average Bonchev–Trinajstić information content (AvgIpc) is 3.15. The number of nitrogens with one attached hydrogen (secondary N) is 1.